The van der Waals surface area contributed by atoms with E-state index in [1.807, 2.05) is 54.6 Å². The highest BCUT2D eigenvalue weighted by Crippen LogP contribution is 2.25. The molecule has 0 aliphatic rings. The summed E-state index contributed by atoms with van der Waals surface area (Å²) in [5.41, 5.74) is 2.91. The van der Waals surface area contributed by atoms with Gasteiger partial charge < -0.3 is 38.3 Å². The zero-order chi connectivity index (χ0) is 34.2. The lowest BCUT2D eigenvalue weighted by molar-refractivity contribution is -0.152. The molecule has 0 bridgehead atoms. The van der Waals surface area contributed by atoms with Gasteiger partial charge in [-0.3, -0.25) is 9.59 Å². The molecule has 0 aliphatic carbocycles. The lowest BCUT2D eigenvalue weighted by Gasteiger charge is -2.13. The SMILES string of the molecule is COc1ccc(COCCCCCCOc2cc(COC(=O)CC(=O)O)cc(OCCCCCCOCc3ccc(OC)cc3)c2)cc1. The Morgan fingerprint density at radius 3 is 1.38 bits per heavy atom. The van der Waals surface area contributed by atoms with Crippen molar-refractivity contribution in [1.82, 2.24) is 0 Å². The van der Waals surface area contributed by atoms with Crippen molar-refractivity contribution in [2.75, 3.05) is 40.6 Å². The number of hydrogen-bond donors (Lipinski definition) is 1. The molecule has 0 unspecified atom stereocenters. The molecule has 3 rings (SSSR count). The van der Waals surface area contributed by atoms with Crippen LogP contribution in [-0.2, 0) is 43.6 Å². The van der Waals surface area contributed by atoms with E-state index in [2.05, 4.69) is 0 Å². The van der Waals surface area contributed by atoms with Gasteiger partial charge in [0.05, 0.1) is 40.6 Å². The number of esters is 1. The molecule has 3 aromatic carbocycles. The largest absolute Gasteiger partial charge is 0.497 e. The number of carbonyl (C=O) groups is 2. The molecule has 0 aliphatic heterocycles. The number of carbonyl (C=O) groups excluding carboxylic acids is 1. The van der Waals surface area contributed by atoms with Crippen molar-refractivity contribution in [2.45, 2.75) is 77.6 Å². The summed E-state index contributed by atoms with van der Waals surface area (Å²) in [6, 6.07) is 21.2. The first-order valence-electron chi connectivity index (χ1n) is 16.6. The van der Waals surface area contributed by atoms with Crippen LogP contribution in [0.3, 0.4) is 0 Å². The van der Waals surface area contributed by atoms with E-state index in [9.17, 15) is 9.59 Å². The highest BCUT2D eigenvalue weighted by Gasteiger charge is 2.11. The van der Waals surface area contributed by atoms with E-state index in [1.165, 1.54) is 0 Å². The fourth-order valence-electron chi connectivity index (χ4n) is 4.74. The molecular formula is C38H50O10. The van der Waals surface area contributed by atoms with Crippen molar-refractivity contribution in [3.8, 4) is 23.0 Å². The number of hydrogen-bond acceptors (Lipinski definition) is 9. The Morgan fingerprint density at radius 2 is 0.958 bits per heavy atom. The summed E-state index contributed by atoms with van der Waals surface area (Å²) in [5, 5.41) is 8.84. The average molecular weight is 667 g/mol. The zero-order valence-electron chi connectivity index (χ0n) is 28.3. The molecule has 48 heavy (non-hydrogen) atoms. The first-order valence-corrected chi connectivity index (χ1v) is 16.6. The number of methoxy groups -OCH3 is 2. The number of benzene rings is 3. The fourth-order valence-corrected chi connectivity index (χ4v) is 4.74. The molecule has 0 amide bonds. The number of ether oxygens (including phenoxy) is 7. The molecule has 0 radical (unpaired) electrons. The standard InChI is InChI=1S/C38H50O10/c1-42-33-15-11-30(12-16-33)27-44-19-7-3-5-9-21-46-35-23-32(29-48-38(41)26-37(39)40)24-36(25-35)47-22-10-6-4-8-20-45-28-31-13-17-34(43-2)18-14-31/h11-18,23-25H,3-10,19-22,26-29H2,1-2H3,(H,39,40). The molecule has 0 heterocycles. The predicted octanol–water partition coefficient (Wildman–Crippen LogP) is 7.53. The van der Waals surface area contributed by atoms with Gasteiger partial charge in [-0.15, -0.1) is 0 Å². The molecule has 0 aromatic heterocycles. The molecule has 10 heteroatoms. The third kappa shape index (κ3) is 16.5. The van der Waals surface area contributed by atoms with Crippen LogP contribution in [0.2, 0.25) is 0 Å². The zero-order valence-corrected chi connectivity index (χ0v) is 28.3. The predicted molar refractivity (Wildman–Crippen MR) is 182 cm³/mol. The van der Waals surface area contributed by atoms with Crippen LogP contribution in [0.5, 0.6) is 23.0 Å². The van der Waals surface area contributed by atoms with Gasteiger partial charge in [-0.1, -0.05) is 37.1 Å². The van der Waals surface area contributed by atoms with Crippen molar-refractivity contribution in [2.24, 2.45) is 0 Å². The maximum atomic E-state index is 11.8. The number of carboxylic acids is 1. The fraction of sp³-hybridized carbons (Fsp3) is 0.474. The van der Waals surface area contributed by atoms with Crippen molar-refractivity contribution in [3.63, 3.8) is 0 Å². The number of aliphatic carboxylic acids is 1. The minimum Gasteiger partial charge on any atom is -0.497 e. The summed E-state index contributed by atoms with van der Waals surface area (Å²) in [7, 11) is 3.31. The van der Waals surface area contributed by atoms with Gasteiger partial charge in [0.2, 0.25) is 0 Å². The summed E-state index contributed by atoms with van der Waals surface area (Å²) < 4.78 is 39.1. The Balaban J connectivity index is 1.32. The van der Waals surface area contributed by atoms with Crippen LogP contribution in [0.15, 0.2) is 66.7 Å². The second-order valence-corrected chi connectivity index (χ2v) is 11.4. The van der Waals surface area contributed by atoms with Gasteiger partial charge in [0.1, 0.15) is 36.0 Å². The average Bonchev–Trinajstić information content (AvgIpc) is 3.09. The van der Waals surface area contributed by atoms with E-state index >= 15 is 0 Å². The first-order chi connectivity index (χ1) is 23.4. The van der Waals surface area contributed by atoms with Gasteiger partial charge in [-0.25, -0.2) is 0 Å². The van der Waals surface area contributed by atoms with Crippen molar-refractivity contribution >= 4 is 11.9 Å². The van der Waals surface area contributed by atoms with E-state index in [0.717, 1.165) is 74.0 Å². The summed E-state index contributed by atoms with van der Waals surface area (Å²) >= 11 is 0. The van der Waals surface area contributed by atoms with Crippen molar-refractivity contribution in [3.05, 3.63) is 83.4 Å². The van der Waals surface area contributed by atoms with E-state index in [-0.39, 0.29) is 6.61 Å². The molecule has 10 nitrogen and oxygen atoms in total. The molecule has 0 atom stereocenters. The third-order valence-corrected chi connectivity index (χ3v) is 7.39. The number of rotatable bonds is 26. The monoisotopic (exact) mass is 666 g/mol. The molecule has 0 saturated heterocycles. The second-order valence-electron chi connectivity index (χ2n) is 11.4. The van der Waals surface area contributed by atoms with Gasteiger partial charge in [0, 0.05) is 19.3 Å². The molecule has 0 saturated carbocycles. The van der Waals surface area contributed by atoms with Crippen LogP contribution in [0.4, 0.5) is 0 Å². The summed E-state index contributed by atoms with van der Waals surface area (Å²) in [5.74, 6) is 0.885. The molecular weight excluding hydrogens is 616 g/mol. The maximum absolute atomic E-state index is 11.8. The summed E-state index contributed by atoms with van der Waals surface area (Å²) in [6.45, 7) is 3.58. The summed E-state index contributed by atoms with van der Waals surface area (Å²) in [4.78, 5) is 22.6. The quantitative estimate of drug-likeness (QED) is 0.0523. The number of unbranched alkanes of at least 4 members (excludes halogenated alkanes) is 6. The van der Waals surface area contributed by atoms with Gasteiger partial charge in [0.15, 0.2) is 0 Å². The van der Waals surface area contributed by atoms with E-state index in [0.29, 0.717) is 56.7 Å². The van der Waals surface area contributed by atoms with Gasteiger partial charge in [-0.2, -0.15) is 0 Å². The van der Waals surface area contributed by atoms with Crippen molar-refractivity contribution in [1.29, 1.82) is 0 Å². The van der Waals surface area contributed by atoms with E-state index < -0.39 is 18.4 Å². The molecule has 262 valence electrons. The van der Waals surface area contributed by atoms with Gasteiger partial charge in [-0.05, 0) is 91.6 Å². The Kier molecular flexibility index (Phi) is 18.4. The van der Waals surface area contributed by atoms with Crippen LogP contribution in [0, 0.1) is 0 Å². The topological polar surface area (TPSA) is 119 Å². The Morgan fingerprint density at radius 1 is 0.521 bits per heavy atom. The van der Waals surface area contributed by atoms with Crippen LogP contribution in [0.25, 0.3) is 0 Å². The van der Waals surface area contributed by atoms with Crippen LogP contribution < -0.4 is 18.9 Å². The summed E-state index contributed by atoms with van der Waals surface area (Å²) in [6.07, 6.45) is 7.13. The normalized spacial score (nSPS) is 10.8. The highest BCUT2D eigenvalue weighted by atomic mass is 16.5. The molecule has 1 N–H and O–H groups in total. The van der Waals surface area contributed by atoms with Gasteiger partial charge >= 0.3 is 11.9 Å². The lowest BCUT2D eigenvalue weighted by Crippen LogP contribution is -2.10. The Hall–Kier alpha value is -4.28. The second kappa shape index (κ2) is 23.1. The van der Waals surface area contributed by atoms with Crippen LogP contribution in [0.1, 0.15) is 74.5 Å². The maximum Gasteiger partial charge on any atom is 0.317 e. The smallest absolute Gasteiger partial charge is 0.317 e. The van der Waals surface area contributed by atoms with E-state index in [4.69, 9.17) is 38.3 Å². The third-order valence-electron chi connectivity index (χ3n) is 7.39. The van der Waals surface area contributed by atoms with Crippen LogP contribution >= 0.6 is 0 Å². The van der Waals surface area contributed by atoms with E-state index in [1.54, 1.807) is 26.4 Å². The number of carboxylic acid groups (broad SMARTS) is 1. The minimum atomic E-state index is -1.23. The Labute approximate surface area is 284 Å². The molecule has 3 aromatic rings. The molecule has 0 fully saturated rings. The highest BCUT2D eigenvalue weighted by molar-refractivity contribution is 5.90. The minimum absolute atomic E-state index is 0.0628. The lowest BCUT2D eigenvalue weighted by atomic mass is 10.2. The molecule has 0 spiro atoms. The van der Waals surface area contributed by atoms with Crippen LogP contribution in [-0.4, -0.2) is 57.7 Å². The first kappa shape index (κ1) is 38.2. The van der Waals surface area contributed by atoms with Gasteiger partial charge in [0.25, 0.3) is 0 Å². The Bertz CT molecular complexity index is 1240. The van der Waals surface area contributed by atoms with Crippen molar-refractivity contribution < 1.29 is 47.9 Å².